The summed E-state index contributed by atoms with van der Waals surface area (Å²) in [5, 5.41) is 11.2. The van der Waals surface area contributed by atoms with Crippen LogP contribution >= 0.6 is 0 Å². The summed E-state index contributed by atoms with van der Waals surface area (Å²) in [6.07, 6.45) is 3.82. The SMILES string of the molecule is CCc1cccc2c(C(=O)COC(=O)Cn3cnnn3)c[nH]c12. The maximum absolute atomic E-state index is 12.3. The summed E-state index contributed by atoms with van der Waals surface area (Å²) in [7, 11) is 0. The van der Waals surface area contributed by atoms with Crippen LogP contribution in [0.15, 0.2) is 30.7 Å². The van der Waals surface area contributed by atoms with Gasteiger partial charge < -0.3 is 9.72 Å². The van der Waals surface area contributed by atoms with Crippen LogP contribution in [0.4, 0.5) is 0 Å². The summed E-state index contributed by atoms with van der Waals surface area (Å²) >= 11 is 0. The van der Waals surface area contributed by atoms with Crippen molar-refractivity contribution in [1.82, 2.24) is 25.2 Å². The molecule has 8 heteroatoms. The number of carbonyl (C=O) groups is 2. The Labute approximate surface area is 131 Å². The number of tetrazole rings is 1. The fourth-order valence-electron chi connectivity index (χ4n) is 2.40. The quantitative estimate of drug-likeness (QED) is 0.541. The third kappa shape index (κ3) is 3.10. The molecule has 0 aliphatic rings. The van der Waals surface area contributed by atoms with Gasteiger partial charge in [-0.2, -0.15) is 0 Å². The van der Waals surface area contributed by atoms with E-state index in [0.717, 1.165) is 22.9 Å². The summed E-state index contributed by atoms with van der Waals surface area (Å²) < 4.78 is 6.22. The fourth-order valence-corrected chi connectivity index (χ4v) is 2.40. The first-order valence-electron chi connectivity index (χ1n) is 7.17. The minimum Gasteiger partial charge on any atom is -0.456 e. The largest absolute Gasteiger partial charge is 0.456 e. The number of esters is 1. The van der Waals surface area contributed by atoms with E-state index in [1.807, 2.05) is 18.2 Å². The van der Waals surface area contributed by atoms with Crippen LogP contribution in [0.1, 0.15) is 22.8 Å². The van der Waals surface area contributed by atoms with E-state index in [4.69, 9.17) is 4.74 Å². The molecule has 0 saturated heterocycles. The average Bonchev–Trinajstić information content (AvgIpc) is 3.21. The van der Waals surface area contributed by atoms with Crippen LogP contribution in [0.5, 0.6) is 0 Å². The van der Waals surface area contributed by atoms with Gasteiger partial charge in [-0.05, 0) is 22.4 Å². The first-order valence-corrected chi connectivity index (χ1v) is 7.17. The third-order valence-corrected chi connectivity index (χ3v) is 3.53. The van der Waals surface area contributed by atoms with Crippen molar-refractivity contribution in [3.8, 4) is 0 Å². The van der Waals surface area contributed by atoms with E-state index in [9.17, 15) is 9.59 Å². The number of hydrogen-bond donors (Lipinski definition) is 1. The number of aromatic nitrogens is 5. The Hall–Kier alpha value is -3.03. The summed E-state index contributed by atoms with van der Waals surface area (Å²) in [5.74, 6) is -0.825. The highest BCUT2D eigenvalue weighted by molar-refractivity contribution is 6.09. The Morgan fingerprint density at radius 2 is 2.22 bits per heavy atom. The lowest BCUT2D eigenvalue weighted by molar-refractivity contribution is -0.143. The smallest absolute Gasteiger partial charge is 0.328 e. The van der Waals surface area contributed by atoms with E-state index in [-0.39, 0.29) is 18.9 Å². The van der Waals surface area contributed by atoms with E-state index in [1.165, 1.54) is 11.0 Å². The molecule has 0 saturated carbocycles. The molecule has 3 rings (SSSR count). The second-order valence-electron chi connectivity index (χ2n) is 4.99. The van der Waals surface area contributed by atoms with Gasteiger partial charge in [0.2, 0.25) is 5.78 Å². The summed E-state index contributed by atoms with van der Waals surface area (Å²) in [6, 6.07) is 5.80. The first-order chi connectivity index (χ1) is 11.2. The zero-order valence-electron chi connectivity index (χ0n) is 12.5. The molecule has 1 N–H and O–H groups in total. The van der Waals surface area contributed by atoms with E-state index in [2.05, 4.69) is 27.4 Å². The van der Waals surface area contributed by atoms with Crippen LogP contribution in [-0.4, -0.2) is 43.6 Å². The molecule has 118 valence electrons. The van der Waals surface area contributed by atoms with Crippen LogP contribution in [0.25, 0.3) is 10.9 Å². The standard InChI is InChI=1S/C15H15N5O3/c1-2-10-4-3-5-11-12(6-16-15(10)11)13(21)8-23-14(22)7-20-9-17-18-19-20/h3-6,9,16H,2,7-8H2,1H3. The van der Waals surface area contributed by atoms with Crippen molar-refractivity contribution < 1.29 is 14.3 Å². The van der Waals surface area contributed by atoms with Crippen LogP contribution < -0.4 is 0 Å². The van der Waals surface area contributed by atoms with Gasteiger partial charge in [0.25, 0.3) is 0 Å². The summed E-state index contributed by atoms with van der Waals surface area (Å²) in [5.41, 5.74) is 2.60. The minimum atomic E-state index is -0.570. The number of benzene rings is 1. The topological polar surface area (TPSA) is 103 Å². The molecular formula is C15H15N5O3. The number of fused-ring (bicyclic) bond motifs is 1. The van der Waals surface area contributed by atoms with E-state index < -0.39 is 5.97 Å². The Morgan fingerprint density at radius 3 is 2.96 bits per heavy atom. The number of para-hydroxylation sites is 1. The number of ketones is 1. The molecule has 0 atom stereocenters. The van der Waals surface area contributed by atoms with Crippen molar-refractivity contribution in [1.29, 1.82) is 0 Å². The lowest BCUT2D eigenvalue weighted by Crippen LogP contribution is -2.18. The number of nitrogens with zero attached hydrogens (tertiary/aromatic N) is 4. The Kier molecular flexibility index (Phi) is 4.13. The minimum absolute atomic E-state index is 0.131. The van der Waals surface area contributed by atoms with Crippen molar-refractivity contribution in [2.45, 2.75) is 19.9 Å². The third-order valence-electron chi connectivity index (χ3n) is 3.53. The molecule has 0 spiro atoms. The van der Waals surface area contributed by atoms with Crippen LogP contribution in [-0.2, 0) is 22.5 Å². The van der Waals surface area contributed by atoms with E-state index in [0.29, 0.717) is 5.56 Å². The van der Waals surface area contributed by atoms with Crippen molar-refractivity contribution in [3.63, 3.8) is 0 Å². The van der Waals surface area contributed by atoms with Crippen LogP contribution in [0, 0.1) is 0 Å². The van der Waals surface area contributed by atoms with Gasteiger partial charge in [-0.1, -0.05) is 25.1 Å². The molecule has 8 nitrogen and oxygen atoms in total. The number of aryl methyl sites for hydroxylation is 1. The molecular weight excluding hydrogens is 298 g/mol. The monoisotopic (exact) mass is 313 g/mol. The first kappa shape index (κ1) is 14.9. The molecule has 0 fully saturated rings. The molecule has 23 heavy (non-hydrogen) atoms. The summed E-state index contributed by atoms with van der Waals surface area (Å²) in [6.45, 7) is 1.61. The molecule has 0 amide bonds. The Balaban J connectivity index is 1.68. The van der Waals surface area contributed by atoms with Gasteiger partial charge >= 0.3 is 5.97 Å². The van der Waals surface area contributed by atoms with Crippen molar-refractivity contribution in [2.24, 2.45) is 0 Å². The second kappa shape index (κ2) is 6.39. The second-order valence-corrected chi connectivity index (χ2v) is 4.99. The van der Waals surface area contributed by atoms with Crippen molar-refractivity contribution in [3.05, 3.63) is 41.9 Å². The van der Waals surface area contributed by atoms with Gasteiger partial charge in [0.1, 0.15) is 12.9 Å². The predicted molar refractivity (Wildman–Crippen MR) is 80.8 cm³/mol. The molecule has 0 aliphatic heterocycles. The normalized spacial score (nSPS) is 10.8. The predicted octanol–water partition coefficient (Wildman–Crippen LogP) is 1.14. The van der Waals surface area contributed by atoms with Crippen LogP contribution in [0.3, 0.4) is 0 Å². The maximum Gasteiger partial charge on any atom is 0.328 e. The van der Waals surface area contributed by atoms with Gasteiger partial charge in [-0.25, -0.2) is 4.68 Å². The number of ether oxygens (including phenoxy) is 1. The van der Waals surface area contributed by atoms with E-state index in [1.54, 1.807) is 6.20 Å². The molecule has 0 bridgehead atoms. The highest BCUT2D eigenvalue weighted by atomic mass is 16.5. The lowest BCUT2D eigenvalue weighted by atomic mass is 10.1. The number of carbonyl (C=O) groups excluding carboxylic acids is 2. The van der Waals surface area contributed by atoms with Gasteiger partial charge in [-0.15, -0.1) is 5.10 Å². The number of H-pyrrole nitrogens is 1. The molecule has 0 unspecified atom stereocenters. The molecule has 2 heterocycles. The molecule has 0 radical (unpaired) electrons. The van der Waals surface area contributed by atoms with Gasteiger partial charge in [0, 0.05) is 22.7 Å². The van der Waals surface area contributed by atoms with Crippen molar-refractivity contribution >= 4 is 22.7 Å². The summed E-state index contributed by atoms with van der Waals surface area (Å²) in [4.78, 5) is 27.1. The van der Waals surface area contributed by atoms with Crippen LogP contribution in [0.2, 0.25) is 0 Å². The average molecular weight is 313 g/mol. The molecule has 1 aromatic carbocycles. The number of hydrogen-bond acceptors (Lipinski definition) is 6. The van der Waals surface area contributed by atoms with Crippen molar-refractivity contribution in [2.75, 3.05) is 6.61 Å². The molecule has 2 aromatic heterocycles. The number of aromatic amines is 1. The Bertz CT molecular complexity index is 838. The fraction of sp³-hybridized carbons (Fsp3) is 0.267. The van der Waals surface area contributed by atoms with Gasteiger partial charge in [-0.3, -0.25) is 9.59 Å². The van der Waals surface area contributed by atoms with Gasteiger partial charge in [0.15, 0.2) is 6.61 Å². The molecule has 3 aromatic rings. The number of Topliss-reactive ketones (excluding diaryl/α,β-unsaturated/α-hetero) is 1. The zero-order chi connectivity index (χ0) is 16.2. The molecule has 0 aliphatic carbocycles. The zero-order valence-corrected chi connectivity index (χ0v) is 12.5. The highest BCUT2D eigenvalue weighted by Gasteiger charge is 2.15. The highest BCUT2D eigenvalue weighted by Crippen LogP contribution is 2.22. The lowest BCUT2D eigenvalue weighted by Gasteiger charge is -2.04. The maximum atomic E-state index is 12.3. The Morgan fingerprint density at radius 1 is 1.35 bits per heavy atom. The van der Waals surface area contributed by atoms with Gasteiger partial charge in [0.05, 0.1) is 0 Å². The number of rotatable bonds is 6. The van der Waals surface area contributed by atoms with E-state index >= 15 is 0 Å². The number of nitrogens with one attached hydrogen (secondary N) is 1.